The molecule has 6 nitrogen and oxygen atoms in total. The molecule has 0 aliphatic heterocycles. The number of hydrogen-bond acceptors (Lipinski definition) is 6. The van der Waals surface area contributed by atoms with Crippen LogP contribution in [0.1, 0.15) is 11.3 Å². The molecule has 0 radical (unpaired) electrons. The molecule has 0 bridgehead atoms. The van der Waals surface area contributed by atoms with E-state index in [1.807, 2.05) is 49.4 Å². The summed E-state index contributed by atoms with van der Waals surface area (Å²) < 4.78 is 0. The van der Waals surface area contributed by atoms with Crippen molar-refractivity contribution in [3.63, 3.8) is 0 Å². The van der Waals surface area contributed by atoms with E-state index in [-0.39, 0.29) is 0 Å². The molecule has 4 aromatic heterocycles. The van der Waals surface area contributed by atoms with Crippen LogP contribution in [0.3, 0.4) is 0 Å². The van der Waals surface area contributed by atoms with Gasteiger partial charge in [0.05, 0.1) is 11.4 Å². The van der Waals surface area contributed by atoms with Crippen LogP contribution in [-0.4, -0.2) is 19.9 Å². The van der Waals surface area contributed by atoms with E-state index in [0.717, 1.165) is 32.8 Å². The Morgan fingerprint density at radius 2 is 1.86 bits per heavy atom. The van der Waals surface area contributed by atoms with Gasteiger partial charge in [-0.25, -0.2) is 15.0 Å². The van der Waals surface area contributed by atoms with Crippen molar-refractivity contribution in [3.8, 4) is 11.4 Å². The second-order valence-electron chi connectivity index (χ2n) is 6.57. The van der Waals surface area contributed by atoms with Crippen LogP contribution in [0.25, 0.3) is 34.2 Å². The van der Waals surface area contributed by atoms with Gasteiger partial charge >= 0.3 is 0 Å². The number of nitrogen functional groups attached to an aromatic ring is 1. The summed E-state index contributed by atoms with van der Waals surface area (Å²) in [5, 5.41) is 2.35. The lowest BCUT2D eigenvalue weighted by Crippen LogP contribution is -2.33. The standard InChI is InChI=1S/C23H20N6/c1-3-6-16-15(10-12-26-22(16)25)21(24)18-13-20(19-9-4-7-14(2)28-19)29-23-17(18)8-5-11-27-23/h3-13H,1,24H2,2H3,(H2,25,26)/b16-6+,21-15-. The zero-order valence-electron chi connectivity index (χ0n) is 16.0. The first-order chi connectivity index (χ1) is 14.1. The Morgan fingerprint density at radius 3 is 2.66 bits per heavy atom. The molecule has 0 fully saturated rings. The van der Waals surface area contributed by atoms with E-state index in [4.69, 9.17) is 16.5 Å². The highest BCUT2D eigenvalue weighted by Gasteiger charge is 2.12. The maximum absolute atomic E-state index is 6.66. The topological polar surface area (TPSA) is 104 Å². The first kappa shape index (κ1) is 18.3. The van der Waals surface area contributed by atoms with Crippen LogP contribution >= 0.6 is 0 Å². The van der Waals surface area contributed by atoms with Gasteiger partial charge in [-0.3, -0.25) is 4.98 Å². The minimum absolute atomic E-state index is 0.391. The van der Waals surface area contributed by atoms with E-state index in [2.05, 4.69) is 21.5 Å². The molecule has 142 valence electrons. The lowest BCUT2D eigenvalue weighted by molar-refractivity contribution is 1.18. The summed E-state index contributed by atoms with van der Waals surface area (Å²) in [4.78, 5) is 17.9. The average Bonchev–Trinajstić information content (AvgIpc) is 2.74. The van der Waals surface area contributed by atoms with Crippen molar-refractivity contribution in [2.24, 2.45) is 5.73 Å². The third-order valence-electron chi connectivity index (χ3n) is 4.62. The molecule has 0 aliphatic carbocycles. The van der Waals surface area contributed by atoms with E-state index >= 15 is 0 Å². The molecule has 0 aliphatic rings. The Bertz CT molecular complexity index is 1360. The largest absolute Gasteiger partial charge is 0.398 e. The fraction of sp³-hybridized carbons (Fsp3) is 0.0435. The molecule has 0 saturated heterocycles. The highest BCUT2D eigenvalue weighted by Crippen LogP contribution is 2.25. The first-order valence-electron chi connectivity index (χ1n) is 9.11. The molecular formula is C23H20N6. The number of aryl methyl sites for hydroxylation is 1. The molecule has 0 unspecified atom stereocenters. The number of aromatic nitrogens is 4. The maximum Gasteiger partial charge on any atom is 0.160 e. The Kier molecular flexibility index (Phi) is 4.75. The van der Waals surface area contributed by atoms with Gasteiger partial charge in [-0.2, -0.15) is 0 Å². The quantitative estimate of drug-likeness (QED) is 0.564. The molecule has 0 amide bonds. The Morgan fingerprint density at radius 1 is 1.00 bits per heavy atom. The number of rotatable bonds is 3. The third-order valence-corrected chi connectivity index (χ3v) is 4.62. The van der Waals surface area contributed by atoms with E-state index in [0.29, 0.717) is 22.9 Å². The van der Waals surface area contributed by atoms with Crippen molar-refractivity contribution in [2.75, 3.05) is 5.73 Å². The smallest absolute Gasteiger partial charge is 0.160 e. The fourth-order valence-corrected chi connectivity index (χ4v) is 3.26. The second kappa shape index (κ2) is 7.52. The monoisotopic (exact) mass is 380 g/mol. The van der Waals surface area contributed by atoms with Gasteiger partial charge in [0.1, 0.15) is 5.82 Å². The molecule has 4 aromatic rings. The van der Waals surface area contributed by atoms with Crippen LogP contribution in [-0.2, 0) is 0 Å². The zero-order valence-corrected chi connectivity index (χ0v) is 16.0. The summed E-state index contributed by atoms with van der Waals surface area (Å²) >= 11 is 0. The second-order valence-corrected chi connectivity index (χ2v) is 6.57. The fourth-order valence-electron chi connectivity index (χ4n) is 3.26. The van der Waals surface area contributed by atoms with Crippen molar-refractivity contribution in [1.82, 2.24) is 19.9 Å². The van der Waals surface area contributed by atoms with Crippen LogP contribution in [0.2, 0.25) is 0 Å². The number of fused-ring (bicyclic) bond motifs is 1. The maximum atomic E-state index is 6.66. The number of nitrogens with two attached hydrogens (primary N) is 2. The molecule has 0 spiro atoms. The molecule has 29 heavy (non-hydrogen) atoms. The number of nitrogens with zero attached hydrogens (tertiary/aromatic N) is 4. The molecule has 6 heteroatoms. The van der Waals surface area contributed by atoms with Crippen LogP contribution < -0.4 is 21.9 Å². The van der Waals surface area contributed by atoms with Crippen LogP contribution in [0.4, 0.5) is 5.82 Å². The molecule has 0 atom stereocenters. The molecular weight excluding hydrogens is 360 g/mol. The molecule has 0 aromatic carbocycles. The van der Waals surface area contributed by atoms with Gasteiger partial charge < -0.3 is 11.5 Å². The van der Waals surface area contributed by atoms with E-state index in [1.54, 1.807) is 24.5 Å². The Balaban J connectivity index is 2.11. The van der Waals surface area contributed by atoms with E-state index in [9.17, 15) is 0 Å². The number of pyridine rings is 4. The highest BCUT2D eigenvalue weighted by molar-refractivity contribution is 5.91. The molecule has 4 rings (SSSR count). The summed E-state index contributed by atoms with van der Waals surface area (Å²) in [6.45, 7) is 5.71. The number of anilines is 1. The summed E-state index contributed by atoms with van der Waals surface area (Å²) in [6.07, 6.45) is 6.82. The Hall–Kier alpha value is -4.06. The third kappa shape index (κ3) is 3.43. The summed E-state index contributed by atoms with van der Waals surface area (Å²) in [7, 11) is 0. The predicted molar refractivity (Wildman–Crippen MR) is 117 cm³/mol. The van der Waals surface area contributed by atoms with Crippen LogP contribution in [0, 0.1) is 6.92 Å². The van der Waals surface area contributed by atoms with Crippen molar-refractivity contribution < 1.29 is 0 Å². The van der Waals surface area contributed by atoms with Crippen molar-refractivity contribution in [3.05, 3.63) is 89.2 Å². The number of hydrogen-bond donors (Lipinski definition) is 2. The predicted octanol–water partition coefficient (Wildman–Crippen LogP) is 2.06. The molecule has 0 saturated carbocycles. The summed E-state index contributed by atoms with van der Waals surface area (Å²) in [5.74, 6) is 0.391. The van der Waals surface area contributed by atoms with Gasteiger partial charge in [0.2, 0.25) is 0 Å². The SMILES string of the molecule is C=C/C=c1/c(N)ncc/c1=C(/N)c1cc(-c2cccc(C)n2)nc2ncccc12. The summed E-state index contributed by atoms with van der Waals surface area (Å²) in [5.41, 5.74) is 17.1. The van der Waals surface area contributed by atoms with Gasteiger partial charge in [0.15, 0.2) is 5.65 Å². The molecule has 4 N–H and O–H groups in total. The van der Waals surface area contributed by atoms with Crippen LogP contribution in [0.15, 0.2) is 67.5 Å². The van der Waals surface area contributed by atoms with Gasteiger partial charge in [0.25, 0.3) is 0 Å². The lowest BCUT2D eigenvalue weighted by atomic mass is 10.0. The van der Waals surface area contributed by atoms with E-state index < -0.39 is 0 Å². The van der Waals surface area contributed by atoms with Crippen molar-refractivity contribution in [1.29, 1.82) is 0 Å². The normalized spacial score (nSPS) is 12.8. The van der Waals surface area contributed by atoms with Crippen molar-refractivity contribution >= 4 is 28.6 Å². The van der Waals surface area contributed by atoms with Crippen LogP contribution in [0.5, 0.6) is 0 Å². The first-order valence-corrected chi connectivity index (χ1v) is 9.11. The summed E-state index contributed by atoms with van der Waals surface area (Å²) in [6, 6.07) is 13.4. The highest BCUT2D eigenvalue weighted by atomic mass is 14.9. The Labute approximate surface area is 168 Å². The minimum Gasteiger partial charge on any atom is -0.398 e. The van der Waals surface area contributed by atoms with Gasteiger partial charge in [0, 0.05) is 45.2 Å². The zero-order chi connectivity index (χ0) is 20.4. The average molecular weight is 380 g/mol. The van der Waals surface area contributed by atoms with E-state index in [1.165, 1.54) is 0 Å². The minimum atomic E-state index is 0.391. The van der Waals surface area contributed by atoms with Crippen molar-refractivity contribution in [2.45, 2.75) is 6.92 Å². The van der Waals surface area contributed by atoms with Gasteiger partial charge in [-0.15, -0.1) is 0 Å². The molecule has 4 heterocycles. The van der Waals surface area contributed by atoms with Gasteiger partial charge in [-0.1, -0.05) is 24.8 Å². The number of allylic oxidation sites excluding steroid dienone is 1. The van der Waals surface area contributed by atoms with Gasteiger partial charge in [-0.05, 0) is 43.3 Å². The lowest BCUT2D eigenvalue weighted by Gasteiger charge is -2.10.